The summed E-state index contributed by atoms with van der Waals surface area (Å²) in [6, 6.07) is 13.6. The first-order chi connectivity index (χ1) is 16.8. The van der Waals surface area contributed by atoms with Gasteiger partial charge in [0.2, 0.25) is 0 Å². The molecule has 1 heterocycles. The van der Waals surface area contributed by atoms with E-state index in [0.717, 1.165) is 21.3 Å². The fourth-order valence-corrected chi connectivity index (χ4v) is 5.09. The number of hydrogen-bond donors (Lipinski definition) is 0. The van der Waals surface area contributed by atoms with E-state index >= 15 is 0 Å². The van der Waals surface area contributed by atoms with Gasteiger partial charge in [-0.15, -0.1) is 0 Å². The topological polar surface area (TPSA) is 68.3 Å². The summed E-state index contributed by atoms with van der Waals surface area (Å²) in [5, 5.41) is 0.255. The highest BCUT2D eigenvalue weighted by molar-refractivity contribution is 9.10. The van der Waals surface area contributed by atoms with Crippen molar-refractivity contribution in [1.82, 2.24) is 4.90 Å². The van der Waals surface area contributed by atoms with E-state index < -0.39 is 5.97 Å². The van der Waals surface area contributed by atoms with Gasteiger partial charge in [-0.3, -0.25) is 4.90 Å². The maximum absolute atomic E-state index is 13.9. The molecule has 3 aromatic carbocycles. The SMILES string of the molecule is COC(=O)c1cc(Cl)c(N2C(=O)N(Cc3ccc(OC)cc3)Cc3c(Br)cc(OC)cc32)c(Cl)c1. The van der Waals surface area contributed by atoms with Gasteiger partial charge in [0.05, 0.1) is 54.9 Å². The van der Waals surface area contributed by atoms with Crippen molar-refractivity contribution < 1.29 is 23.8 Å². The van der Waals surface area contributed by atoms with Crippen molar-refractivity contribution in [1.29, 1.82) is 0 Å². The first-order valence-corrected chi connectivity index (χ1v) is 12.0. The Bertz CT molecular complexity index is 1280. The molecule has 0 fully saturated rings. The molecule has 0 spiro atoms. The van der Waals surface area contributed by atoms with Crippen molar-refractivity contribution in [3.63, 3.8) is 0 Å². The number of benzene rings is 3. The summed E-state index contributed by atoms with van der Waals surface area (Å²) in [4.78, 5) is 29.0. The average molecular weight is 580 g/mol. The minimum absolute atomic E-state index is 0.127. The van der Waals surface area contributed by atoms with E-state index in [4.69, 9.17) is 37.4 Å². The summed E-state index contributed by atoms with van der Waals surface area (Å²) < 4.78 is 16.2. The summed E-state index contributed by atoms with van der Waals surface area (Å²) in [6.07, 6.45) is 0. The standard InChI is InChI=1S/C25H21BrCl2N2O5/c1-33-16-6-4-14(5-7-16)12-29-13-18-19(26)10-17(34-2)11-22(18)30(25(29)32)23-20(27)8-15(9-21(23)28)24(31)35-3/h4-11H,12-13H2,1-3H3. The van der Waals surface area contributed by atoms with Crippen LogP contribution in [0.5, 0.6) is 11.5 Å². The summed E-state index contributed by atoms with van der Waals surface area (Å²) in [5.74, 6) is 0.691. The Morgan fingerprint density at radius 2 is 1.60 bits per heavy atom. The van der Waals surface area contributed by atoms with Crippen molar-refractivity contribution in [2.24, 2.45) is 0 Å². The lowest BCUT2D eigenvalue weighted by molar-refractivity contribution is 0.0600. The summed E-state index contributed by atoms with van der Waals surface area (Å²) in [5.41, 5.74) is 2.78. The number of fused-ring (bicyclic) bond motifs is 1. The van der Waals surface area contributed by atoms with E-state index in [-0.39, 0.29) is 27.3 Å². The van der Waals surface area contributed by atoms with E-state index in [9.17, 15) is 9.59 Å². The highest BCUT2D eigenvalue weighted by atomic mass is 79.9. The summed E-state index contributed by atoms with van der Waals surface area (Å²) >= 11 is 16.8. The average Bonchev–Trinajstić information content (AvgIpc) is 2.85. The van der Waals surface area contributed by atoms with Gasteiger partial charge < -0.3 is 19.1 Å². The van der Waals surface area contributed by atoms with Crippen molar-refractivity contribution in [3.8, 4) is 11.5 Å². The van der Waals surface area contributed by atoms with Crippen LogP contribution in [0.3, 0.4) is 0 Å². The smallest absolute Gasteiger partial charge is 0.337 e. The Kier molecular flexibility index (Phi) is 7.44. The molecule has 1 aliphatic heterocycles. The number of carbonyl (C=O) groups excluding carboxylic acids is 2. The zero-order valence-corrected chi connectivity index (χ0v) is 22.2. The lowest BCUT2D eigenvalue weighted by Crippen LogP contribution is -2.44. The van der Waals surface area contributed by atoms with Crippen LogP contribution in [-0.2, 0) is 17.8 Å². The van der Waals surface area contributed by atoms with Gasteiger partial charge in [0.1, 0.15) is 11.5 Å². The third kappa shape index (κ3) is 4.91. The molecular formula is C25H21BrCl2N2O5. The summed E-state index contributed by atoms with van der Waals surface area (Å²) in [7, 11) is 4.41. The highest BCUT2D eigenvalue weighted by Crippen LogP contribution is 2.46. The van der Waals surface area contributed by atoms with Gasteiger partial charge in [-0.25, -0.2) is 9.59 Å². The molecule has 0 aliphatic carbocycles. The predicted molar refractivity (Wildman–Crippen MR) is 138 cm³/mol. The van der Waals surface area contributed by atoms with Crippen LogP contribution in [-0.4, -0.2) is 38.2 Å². The second-order valence-electron chi connectivity index (χ2n) is 7.71. The molecule has 7 nitrogen and oxygen atoms in total. The first kappa shape index (κ1) is 25.2. The molecule has 1 aliphatic rings. The van der Waals surface area contributed by atoms with Crippen molar-refractivity contribution in [2.45, 2.75) is 13.1 Å². The van der Waals surface area contributed by atoms with Crippen LogP contribution < -0.4 is 14.4 Å². The van der Waals surface area contributed by atoms with E-state index in [1.165, 1.54) is 24.1 Å². The number of rotatable bonds is 6. The number of carbonyl (C=O) groups is 2. The molecule has 2 amide bonds. The zero-order valence-electron chi connectivity index (χ0n) is 19.1. The largest absolute Gasteiger partial charge is 0.497 e. The number of anilines is 2. The van der Waals surface area contributed by atoms with Crippen LogP contribution in [0, 0.1) is 0 Å². The molecule has 4 rings (SSSR count). The number of halogens is 3. The molecule has 0 unspecified atom stereocenters. The minimum Gasteiger partial charge on any atom is -0.497 e. The maximum atomic E-state index is 13.9. The Hall–Kier alpha value is -2.94. The molecule has 0 atom stereocenters. The number of hydrogen-bond acceptors (Lipinski definition) is 5. The molecule has 0 saturated carbocycles. The molecule has 0 aromatic heterocycles. The quantitative estimate of drug-likeness (QED) is 0.299. The van der Waals surface area contributed by atoms with Crippen LogP contribution in [0.15, 0.2) is 53.0 Å². The van der Waals surface area contributed by atoms with Gasteiger partial charge in [-0.05, 0) is 35.9 Å². The van der Waals surface area contributed by atoms with Gasteiger partial charge in [-0.2, -0.15) is 0 Å². The van der Waals surface area contributed by atoms with Crippen LogP contribution in [0.1, 0.15) is 21.5 Å². The van der Waals surface area contributed by atoms with E-state index in [1.807, 2.05) is 30.3 Å². The van der Waals surface area contributed by atoms with Crippen LogP contribution >= 0.6 is 39.1 Å². The highest BCUT2D eigenvalue weighted by Gasteiger charge is 2.36. The lowest BCUT2D eigenvalue weighted by Gasteiger charge is -2.38. The monoisotopic (exact) mass is 578 g/mol. The maximum Gasteiger partial charge on any atom is 0.337 e. The fourth-order valence-electron chi connectivity index (χ4n) is 3.88. The van der Waals surface area contributed by atoms with E-state index in [0.29, 0.717) is 24.5 Å². The third-order valence-corrected chi connectivity index (χ3v) is 6.91. The Morgan fingerprint density at radius 1 is 0.971 bits per heavy atom. The second kappa shape index (κ2) is 10.4. The predicted octanol–water partition coefficient (Wildman–Crippen LogP) is 6.83. The van der Waals surface area contributed by atoms with E-state index in [1.54, 1.807) is 25.2 Å². The van der Waals surface area contributed by atoms with Crippen LogP contribution in [0.4, 0.5) is 16.2 Å². The molecule has 35 heavy (non-hydrogen) atoms. The second-order valence-corrected chi connectivity index (χ2v) is 9.38. The lowest BCUT2D eigenvalue weighted by atomic mass is 10.1. The number of nitrogens with zero attached hydrogens (tertiary/aromatic N) is 2. The van der Waals surface area contributed by atoms with Crippen LogP contribution in [0.25, 0.3) is 0 Å². The number of amides is 2. The molecule has 0 saturated heterocycles. The molecular weight excluding hydrogens is 559 g/mol. The van der Waals surface area contributed by atoms with Gasteiger partial charge in [-0.1, -0.05) is 51.3 Å². The van der Waals surface area contributed by atoms with Gasteiger partial charge >= 0.3 is 12.0 Å². The Labute approximate surface area is 221 Å². The fraction of sp³-hybridized carbons (Fsp3) is 0.200. The number of esters is 1. The normalized spacial score (nSPS) is 12.9. The first-order valence-electron chi connectivity index (χ1n) is 10.4. The van der Waals surface area contributed by atoms with Gasteiger partial charge in [0.25, 0.3) is 0 Å². The summed E-state index contributed by atoms with van der Waals surface area (Å²) in [6.45, 7) is 0.684. The molecule has 0 N–H and O–H groups in total. The third-order valence-electron chi connectivity index (χ3n) is 5.63. The van der Waals surface area contributed by atoms with Crippen molar-refractivity contribution >= 4 is 62.5 Å². The van der Waals surface area contributed by atoms with Crippen LogP contribution in [0.2, 0.25) is 10.0 Å². The number of ether oxygens (including phenoxy) is 3. The number of urea groups is 1. The molecule has 0 radical (unpaired) electrons. The molecule has 182 valence electrons. The Morgan fingerprint density at radius 3 is 2.17 bits per heavy atom. The molecule has 0 bridgehead atoms. The molecule has 10 heteroatoms. The van der Waals surface area contributed by atoms with Crippen molar-refractivity contribution in [3.05, 3.63) is 79.7 Å². The van der Waals surface area contributed by atoms with E-state index in [2.05, 4.69) is 15.9 Å². The molecule has 3 aromatic rings. The van der Waals surface area contributed by atoms with Crippen molar-refractivity contribution in [2.75, 3.05) is 26.2 Å². The van der Waals surface area contributed by atoms with Gasteiger partial charge in [0, 0.05) is 22.6 Å². The zero-order chi connectivity index (χ0) is 25.3. The van der Waals surface area contributed by atoms with Gasteiger partial charge in [0.15, 0.2) is 0 Å². The number of methoxy groups -OCH3 is 3. The minimum atomic E-state index is -0.587. The Balaban J connectivity index is 1.84.